The van der Waals surface area contributed by atoms with Gasteiger partial charge in [-0.05, 0) is 19.8 Å². The number of carboxylic acids is 1. The minimum atomic E-state index is -0.991. The van der Waals surface area contributed by atoms with Crippen LogP contribution in [0, 0.1) is 0 Å². The van der Waals surface area contributed by atoms with Crippen LogP contribution >= 0.6 is 11.8 Å². The lowest BCUT2D eigenvalue weighted by Gasteiger charge is -2.25. The molecule has 2 fully saturated rings. The molecule has 0 spiro atoms. The molecule has 3 amide bonds. The fourth-order valence-corrected chi connectivity index (χ4v) is 3.80. The van der Waals surface area contributed by atoms with Crippen LogP contribution in [0.15, 0.2) is 0 Å². The molecule has 2 saturated heterocycles. The second-order valence-electron chi connectivity index (χ2n) is 5.26. The van der Waals surface area contributed by atoms with Gasteiger partial charge in [-0.1, -0.05) is 0 Å². The van der Waals surface area contributed by atoms with Gasteiger partial charge in [0.05, 0.1) is 5.37 Å². The lowest BCUT2D eigenvalue weighted by Crippen LogP contribution is -2.50. The average molecular weight is 315 g/mol. The summed E-state index contributed by atoms with van der Waals surface area (Å²) in [5.74, 6) is -0.544. The topological polar surface area (TPSA) is 90.0 Å². The average Bonchev–Trinajstić information content (AvgIpc) is 3.07. The van der Waals surface area contributed by atoms with Gasteiger partial charge in [-0.15, -0.1) is 11.8 Å². The highest BCUT2D eigenvalue weighted by molar-refractivity contribution is 8.00. The molecule has 0 aromatic carbocycles. The van der Waals surface area contributed by atoms with Gasteiger partial charge in [0.25, 0.3) is 0 Å². The van der Waals surface area contributed by atoms with Crippen LogP contribution in [-0.4, -0.2) is 69.6 Å². The highest BCUT2D eigenvalue weighted by Gasteiger charge is 2.39. The Kier molecular flexibility index (Phi) is 5.33. The number of amides is 3. The van der Waals surface area contributed by atoms with Gasteiger partial charge in [-0.25, -0.2) is 9.59 Å². The number of carboxylic acid groups (broad SMARTS) is 1. The number of hydrogen-bond acceptors (Lipinski definition) is 4. The normalized spacial score (nSPS) is 25.2. The van der Waals surface area contributed by atoms with Crippen LogP contribution in [0.3, 0.4) is 0 Å². The molecule has 0 saturated carbocycles. The third kappa shape index (κ3) is 3.81. The number of thioether (sulfide) groups is 1. The first-order chi connectivity index (χ1) is 10.0. The molecule has 2 heterocycles. The van der Waals surface area contributed by atoms with Crippen LogP contribution in [0.1, 0.15) is 26.2 Å². The van der Waals surface area contributed by atoms with E-state index >= 15 is 0 Å². The monoisotopic (exact) mass is 315 g/mol. The fraction of sp³-hybridized carbons (Fsp3) is 0.769. The molecule has 0 aromatic heterocycles. The quantitative estimate of drug-likeness (QED) is 0.791. The number of nitrogens with zero attached hydrogens (tertiary/aromatic N) is 2. The summed E-state index contributed by atoms with van der Waals surface area (Å²) < 4.78 is 0. The molecule has 0 bridgehead atoms. The van der Waals surface area contributed by atoms with E-state index in [0.29, 0.717) is 5.75 Å². The minimum absolute atomic E-state index is 0.0476. The predicted molar refractivity (Wildman–Crippen MR) is 79.0 cm³/mol. The summed E-state index contributed by atoms with van der Waals surface area (Å²) in [7, 11) is 0. The molecule has 7 nitrogen and oxygen atoms in total. The standard InChI is InChI=1S/C13H21N3O4S/c1-9-16(10(8-21-9)12(18)19)13(20)14-5-4-11(17)15-6-2-3-7-15/h9-10H,2-8H2,1H3,(H,14,20)(H,18,19). The highest BCUT2D eigenvalue weighted by Crippen LogP contribution is 2.28. The highest BCUT2D eigenvalue weighted by atomic mass is 32.2. The maximum Gasteiger partial charge on any atom is 0.327 e. The van der Waals surface area contributed by atoms with Crippen molar-refractivity contribution in [1.82, 2.24) is 15.1 Å². The maximum absolute atomic E-state index is 12.1. The van der Waals surface area contributed by atoms with Crippen molar-refractivity contribution in [2.75, 3.05) is 25.4 Å². The van der Waals surface area contributed by atoms with E-state index in [4.69, 9.17) is 5.11 Å². The lowest BCUT2D eigenvalue weighted by atomic mass is 10.3. The van der Waals surface area contributed by atoms with Crippen LogP contribution in [0.25, 0.3) is 0 Å². The van der Waals surface area contributed by atoms with Gasteiger partial charge in [-0.3, -0.25) is 9.69 Å². The fourth-order valence-electron chi connectivity index (χ4n) is 2.63. The molecule has 0 radical (unpaired) electrons. The summed E-state index contributed by atoms with van der Waals surface area (Å²) in [6.45, 7) is 3.65. The van der Waals surface area contributed by atoms with Crippen molar-refractivity contribution >= 4 is 29.7 Å². The molecule has 2 aliphatic heterocycles. The van der Waals surface area contributed by atoms with Gasteiger partial charge in [0.2, 0.25) is 5.91 Å². The van der Waals surface area contributed by atoms with Crippen LogP contribution in [0.2, 0.25) is 0 Å². The number of likely N-dealkylation sites (tertiary alicyclic amines) is 1. The summed E-state index contributed by atoms with van der Waals surface area (Å²) in [4.78, 5) is 38.2. The van der Waals surface area contributed by atoms with E-state index in [1.165, 1.54) is 16.7 Å². The molecule has 0 aliphatic carbocycles. The first kappa shape index (κ1) is 15.9. The Hall–Kier alpha value is -1.44. The van der Waals surface area contributed by atoms with Crippen molar-refractivity contribution in [3.05, 3.63) is 0 Å². The van der Waals surface area contributed by atoms with Gasteiger partial charge in [0.15, 0.2) is 0 Å². The van der Waals surface area contributed by atoms with Crippen LogP contribution < -0.4 is 5.32 Å². The minimum Gasteiger partial charge on any atom is -0.480 e. The van der Waals surface area contributed by atoms with E-state index < -0.39 is 18.0 Å². The molecule has 2 aliphatic rings. The molecular weight excluding hydrogens is 294 g/mol. The first-order valence-electron chi connectivity index (χ1n) is 7.19. The van der Waals surface area contributed by atoms with Crippen molar-refractivity contribution < 1.29 is 19.5 Å². The van der Waals surface area contributed by atoms with Gasteiger partial charge in [0.1, 0.15) is 6.04 Å². The van der Waals surface area contributed by atoms with Crippen LogP contribution in [0.5, 0.6) is 0 Å². The molecule has 8 heteroatoms. The zero-order chi connectivity index (χ0) is 15.4. The van der Waals surface area contributed by atoms with Crippen molar-refractivity contribution in [2.24, 2.45) is 0 Å². The Balaban J connectivity index is 1.78. The SMILES string of the molecule is CC1SCC(C(=O)O)N1C(=O)NCCC(=O)N1CCCC1. The van der Waals surface area contributed by atoms with Gasteiger partial charge < -0.3 is 15.3 Å². The number of urea groups is 1. The van der Waals surface area contributed by atoms with Gasteiger partial charge in [-0.2, -0.15) is 0 Å². The molecule has 21 heavy (non-hydrogen) atoms. The van der Waals surface area contributed by atoms with Crippen LogP contribution in [0.4, 0.5) is 4.79 Å². The predicted octanol–water partition coefficient (Wildman–Crippen LogP) is 0.556. The third-order valence-corrected chi connectivity index (χ3v) is 5.03. The van der Waals surface area contributed by atoms with Crippen molar-refractivity contribution in [3.63, 3.8) is 0 Å². The van der Waals surface area contributed by atoms with E-state index in [-0.39, 0.29) is 24.2 Å². The number of rotatable bonds is 4. The zero-order valence-electron chi connectivity index (χ0n) is 12.1. The largest absolute Gasteiger partial charge is 0.480 e. The molecule has 2 atom stereocenters. The smallest absolute Gasteiger partial charge is 0.327 e. The molecule has 2 N–H and O–H groups in total. The first-order valence-corrected chi connectivity index (χ1v) is 8.24. The summed E-state index contributed by atoms with van der Waals surface area (Å²) in [6, 6.07) is -1.20. The van der Waals surface area contributed by atoms with Crippen molar-refractivity contribution in [2.45, 2.75) is 37.6 Å². The van der Waals surface area contributed by atoms with Crippen molar-refractivity contribution in [1.29, 1.82) is 0 Å². The Morgan fingerprint density at radius 2 is 1.95 bits per heavy atom. The number of aliphatic carboxylic acids is 1. The second kappa shape index (κ2) is 7.02. The Morgan fingerprint density at radius 3 is 2.57 bits per heavy atom. The van der Waals surface area contributed by atoms with E-state index in [1.807, 2.05) is 6.92 Å². The number of hydrogen-bond donors (Lipinski definition) is 2. The van der Waals surface area contributed by atoms with Gasteiger partial charge in [0, 0.05) is 31.8 Å². The molecular formula is C13H21N3O4S. The van der Waals surface area contributed by atoms with Crippen LogP contribution in [-0.2, 0) is 9.59 Å². The van der Waals surface area contributed by atoms with Gasteiger partial charge >= 0.3 is 12.0 Å². The molecule has 2 rings (SSSR count). The Bertz CT molecular complexity index is 426. The third-order valence-electron chi connectivity index (χ3n) is 3.82. The number of nitrogens with one attached hydrogen (secondary N) is 1. The summed E-state index contributed by atoms with van der Waals surface area (Å²) in [6.07, 6.45) is 2.35. The summed E-state index contributed by atoms with van der Waals surface area (Å²) >= 11 is 1.44. The van der Waals surface area contributed by atoms with E-state index in [2.05, 4.69) is 5.32 Å². The van der Waals surface area contributed by atoms with Crippen molar-refractivity contribution in [3.8, 4) is 0 Å². The summed E-state index contributed by atoms with van der Waals surface area (Å²) in [5, 5.41) is 11.6. The molecule has 118 valence electrons. The zero-order valence-corrected chi connectivity index (χ0v) is 12.9. The van der Waals surface area contributed by atoms with E-state index in [1.54, 1.807) is 4.90 Å². The number of carbonyl (C=O) groups excluding carboxylic acids is 2. The number of carbonyl (C=O) groups is 3. The molecule has 0 aromatic rings. The second-order valence-corrected chi connectivity index (χ2v) is 6.61. The van der Waals surface area contributed by atoms with E-state index in [0.717, 1.165) is 25.9 Å². The van der Waals surface area contributed by atoms with E-state index in [9.17, 15) is 14.4 Å². The Morgan fingerprint density at radius 1 is 1.29 bits per heavy atom. The lowest BCUT2D eigenvalue weighted by molar-refractivity contribution is -0.141. The molecule has 2 unspecified atom stereocenters. The Labute approximate surface area is 128 Å². The summed E-state index contributed by atoms with van der Waals surface area (Å²) in [5.41, 5.74) is 0. The maximum atomic E-state index is 12.1.